The Kier molecular flexibility index (Phi) is 5.39. The molecular formula is C11H16ClNO3S. The highest BCUT2D eigenvalue weighted by Crippen LogP contribution is 2.11. The number of benzene rings is 1. The Labute approximate surface area is 107 Å². The number of aliphatic hydroxyl groups excluding tert-OH is 1. The van der Waals surface area contributed by atoms with E-state index in [0.717, 1.165) is 5.56 Å². The maximum atomic E-state index is 11.8. The smallest absolute Gasteiger partial charge is 0.240 e. The number of hydrogen-bond donors (Lipinski definition) is 2. The van der Waals surface area contributed by atoms with Crippen LogP contribution in [0.2, 0.25) is 0 Å². The van der Waals surface area contributed by atoms with Crippen LogP contribution in [0.15, 0.2) is 29.2 Å². The molecule has 1 aromatic carbocycles. The van der Waals surface area contributed by atoms with Crippen molar-refractivity contribution in [1.29, 1.82) is 0 Å². The van der Waals surface area contributed by atoms with Crippen molar-refractivity contribution in [3.8, 4) is 0 Å². The van der Waals surface area contributed by atoms with E-state index in [-0.39, 0.29) is 11.4 Å². The van der Waals surface area contributed by atoms with E-state index < -0.39 is 16.1 Å². The molecule has 0 aliphatic carbocycles. The fourth-order valence-corrected chi connectivity index (χ4v) is 2.60. The van der Waals surface area contributed by atoms with Crippen molar-refractivity contribution in [2.75, 3.05) is 12.4 Å². The normalized spacial score (nSPS) is 13.6. The van der Waals surface area contributed by atoms with Crippen LogP contribution in [0.1, 0.15) is 12.5 Å². The highest BCUT2D eigenvalue weighted by Gasteiger charge is 2.13. The van der Waals surface area contributed by atoms with Gasteiger partial charge in [0, 0.05) is 12.4 Å². The Hall–Kier alpha value is -0.620. The topological polar surface area (TPSA) is 66.4 Å². The Morgan fingerprint density at radius 3 is 2.41 bits per heavy atom. The fourth-order valence-electron chi connectivity index (χ4n) is 1.26. The van der Waals surface area contributed by atoms with E-state index in [4.69, 9.17) is 16.7 Å². The van der Waals surface area contributed by atoms with Gasteiger partial charge in [-0.2, -0.15) is 0 Å². The first-order chi connectivity index (χ1) is 7.95. The molecule has 17 heavy (non-hydrogen) atoms. The van der Waals surface area contributed by atoms with Crippen molar-refractivity contribution in [2.45, 2.75) is 24.3 Å². The molecule has 2 N–H and O–H groups in total. The lowest BCUT2D eigenvalue weighted by Crippen LogP contribution is -2.30. The molecule has 1 rings (SSSR count). The van der Waals surface area contributed by atoms with Gasteiger partial charge in [0.25, 0.3) is 0 Å². The number of nitrogens with one attached hydrogen (secondary N) is 1. The van der Waals surface area contributed by atoms with Crippen molar-refractivity contribution in [3.05, 3.63) is 29.8 Å². The molecule has 0 radical (unpaired) electrons. The standard InChI is InChI=1S/C11H16ClNO3S/c1-9(14)8-13-17(15,16)11-4-2-10(3-5-11)6-7-12/h2-5,9,13-14H,6-8H2,1H3/t9-/m1/s1. The van der Waals surface area contributed by atoms with Gasteiger partial charge < -0.3 is 5.11 Å². The summed E-state index contributed by atoms with van der Waals surface area (Å²) in [6.07, 6.45) is 0.00324. The van der Waals surface area contributed by atoms with Crippen LogP contribution in [0.3, 0.4) is 0 Å². The Morgan fingerprint density at radius 2 is 1.94 bits per heavy atom. The molecule has 1 atom stereocenters. The van der Waals surface area contributed by atoms with Gasteiger partial charge in [0.15, 0.2) is 0 Å². The highest BCUT2D eigenvalue weighted by molar-refractivity contribution is 7.89. The minimum absolute atomic E-state index is 0.00572. The van der Waals surface area contributed by atoms with Crippen LogP contribution in [-0.2, 0) is 16.4 Å². The summed E-state index contributed by atoms with van der Waals surface area (Å²) in [5, 5.41) is 9.04. The number of hydrogen-bond acceptors (Lipinski definition) is 3. The molecule has 0 unspecified atom stereocenters. The number of aryl methyl sites for hydroxylation is 1. The van der Waals surface area contributed by atoms with Gasteiger partial charge in [-0.05, 0) is 31.0 Å². The summed E-state index contributed by atoms with van der Waals surface area (Å²) in [7, 11) is -3.53. The van der Waals surface area contributed by atoms with Gasteiger partial charge in [-0.25, -0.2) is 13.1 Å². The highest BCUT2D eigenvalue weighted by atomic mass is 35.5. The maximum Gasteiger partial charge on any atom is 0.240 e. The van der Waals surface area contributed by atoms with Crippen LogP contribution in [0.4, 0.5) is 0 Å². The van der Waals surface area contributed by atoms with Gasteiger partial charge in [0.1, 0.15) is 0 Å². The van der Waals surface area contributed by atoms with Crippen molar-refractivity contribution >= 4 is 21.6 Å². The Balaban J connectivity index is 2.77. The van der Waals surface area contributed by atoms with Crippen LogP contribution in [0, 0.1) is 0 Å². The molecule has 0 amide bonds. The van der Waals surface area contributed by atoms with Gasteiger partial charge in [-0.15, -0.1) is 11.6 Å². The second kappa shape index (κ2) is 6.35. The van der Waals surface area contributed by atoms with Crippen molar-refractivity contribution in [2.24, 2.45) is 0 Å². The van der Waals surface area contributed by atoms with E-state index in [0.29, 0.717) is 12.3 Å². The Bertz CT molecular complexity index is 442. The molecule has 96 valence electrons. The maximum absolute atomic E-state index is 11.8. The van der Waals surface area contributed by atoms with Crippen molar-refractivity contribution < 1.29 is 13.5 Å². The second-order valence-electron chi connectivity index (χ2n) is 3.78. The molecule has 4 nitrogen and oxygen atoms in total. The molecule has 0 saturated heterocycles. The number of halogens is 1. The summed E-state index contributed by atoms with van der Waals surface area (Å²) in [5.41, 5.74) is 0.995. The zero-order valence-electron chi connectivity index (χ0n) is 9.56. The first-order valence-electron chi connectivity index (χ1n) is 5.28. The summed E-state index contributed by atoms with van der Waals surface area (Å²) in [4.78, 5) is 0.191. The molecule has 0 fully saturated rings. The number of alkyl halides is 1. The molecule has 0 heterocycles. The van der Waals surface area contributed by atoms with Crippen LogP contribution in [-0.4, -0.2) is 32.1 Å². The minimum Gasteiger partial charge on any atom is -0.392 e. The molecule has 0 bridgehead atoms. The monoisotopic (exact) mass is 277 g/mol. The summed E-state index contributed by atoms with van der Waals surface area (Å²) < 4.78 is 25.8. The van der Waals surface area contributed by atoms with Crippen LogP contribution >= 0.6 is 11.6 Å². The predicted molar refractivity (Wildman–Crippen MR) is 67.7 cm³/mol. The lowest BCUT2D eigenvalue weighted by atomic mass is 10.2. The first kappa shape index (κ1) is 14.4. The Morgan fingerprint density at radius 1 is 1.35 bits per heavy atom. The van der Waals surface area contributed by atoms with Crippen LogP contribution in [0.25, 0.3) is 0 Å². The molecule has 0 aliphatic heterocycles. The van der Waals surface area contributed by atoms with E-state index in [1.54, 1.807) is 12.1 Å². The van der Waals surface area contributed by atoms with Gasteiger partial charge in [0.2, 0.25) is 10.0 Å². The largest absolute Gasteiger partial charge is 0.392 e. The molecule has 0 saturated carbocycles. The third-order valence-electron chi connectivity index (χ3n) is 2.19. The van der Waals surface area contributed by atoms with E-state index in [1.165, 1.54) is 19.1 Å². The van der Waals surface area contributed by atoms with E-state index in [1.807, 2.05) is 0 Å². The molecular weight excluding hydrogens is 262 g/mol. The van der Waals surface area contributed by atoms with E-state index in [9.17, 15) is 8.42 Å². The van der Waals surface area contributed by atoms with Crippen molar-refractivity contribution in [1.82, 2.24) is 4.72 Å². The molecule has 0 spiro atoms. The summed E-state index contributed by atoms with van der Waals surface area (Å²) in [6, 6.07) is 6.54. The lowest BCUT2D eigenvalue weighted by molar-refractivity contribution is 0.198. The first-order valence-corrected chi connectivity index (χ1v) is 7.30. The predicted octanol–water partition coefficient (Wildman–Crippen LogP) is 1.13. The molecule has 6 heteroatoms. The zero-order chi connectivity index (χ0) is 12.9. The van der Waals surface area contributed by atoms with Crippen LogP contribution in [0.5, 0.6) is 0 Å². The number of rotatable bonds is 6. The SMILES string of the molecule is C[C@@H](O)CNS(=O)(=O)c1ccc(CCCl)cc1. The van der Waals surface area contributed by atoms with E-state index >= 15 is 0 Å². The summed E-state index contributed by atoms with van der Waals surface area (Å²) >= 11 is 5.59. The average Bonchev–Trinajstić information content (AvgIpc) is 2.28. The van der Waals surface area contributed by atoms with E-state index in [2.05, 4.69) is 4.72 Å². The summed E-state index contributed by atoms with van der Waals surface area (Å²) in [6.45, 7) is 1.53. The molecule has 0 aliphatic rings. The number of aliphatic hydroxyl groups is 1. The van der Waals surface area contributed by atoms with Gasteiger partial charge in [0.05, 0.1) is 11.0 Å². The summed E-state index contributed by atoms with van der Waals surface area (Å²) in [5.74, 6) is 0.506. The fraction of sp³-hybridized carbons (Fsp3) is 0.455. The lowest BCUT2D eigenvalue weighted by Gasteiger charge is -2.08. The molecule has 0 aromatic heterocycles. The quantitative estimate of drug-likeness (QED) is 0.766. The van der Waals surface area contributed by atoms with Crippen molar-refractivity contribution in [3.63, 3.8) is 0 Å². The molecule has 1 aromatic rings. The average molecular weight is 278 g/mol. The van der Waals surface area contributed by atoms with Crippen LogP contribution < -0.4 is 4.72 Å². The third kappa shape index (κ3) is 4.63. The van der Waals surface area contributed by atoms with Gasteiger partial charge in [-0.1, -0.05) is 12.1 Å². The third-order valence-corrected chi connectivity index (χ3v) is 3.81. The minimum atomic E-state index is -3.53. The van der Waals surface area contributed by atoms with Gasteiger partial charge in [-0.3, -0.25) is 0 Å². The van der Waals surface area contributed by atoms with Gasteiger partial charge >= 0.3 is 0 Å². The second-order valence-corrected chi connectivity index (χ2v) is 5.93. The zero-order valence-corrected chi connectivity index (χ0v) is 11.1. The number of sulfonamides is 1.